The number of phenols is 1. The van der Waals surface area contributed by atoms with Crippen molar-refractivity contribution in [2.45, 2.75) is 0 Å². The fraction of sp³-hybridized carbons (Fsp3) is 0. The topological polar surface area (TPSA) is 87.5 Å². The first-order chi connectivity index (χ1) is 8.77. The molecule has 1 aromatic heterocycles. The lowest BCUT2D eigenvalue weighted by molar-refractivity contribution is 0.0944. The van der Waals surface area contributed by atoms with Gasteiger partial charge in [-0.15, -0.1) is 0 Å². The molecule has 0 saturated carbocycles. The molecular weight excluding hydrogens is 232 g/mol. The van der Waals surface area contributed by atoms with Crippen LogP contribution in [0.1, 0.15) is 16.2 Å². The molecule has 0 aliphatic carbocycles. The molecule has 0 unspecified atom stereocenters. The minimum absolute atomic E-state index is 0.0342. The second-order valence-corrected chi connectivity index (χ2v) is 3.33. The number of rotatable bonds is 3. The van der Waals surface area contributed by atoms with Crippen LogP contribution < -0.4 is 5.43 Å². The van der Waals surface area contributed by atoms with E-state index in [4.69, 9.17) is 0 Å². The minimum Gasteiger partial charge on any atom is -0.507 e. The average molecular weight is 242 g/mol. The summed E-state index contributed by atoms with van der Waals surface area (Å²) in [6.07, 6.45) is 4.28. The predicted octanol–water partition coefficient (Wildman–Crippen LogP) is 0.946. The lowest BCUT2D eigenvalue weighted by atomic mass is 10.2. The molecule has 0 saturated heterocycles. The second-order valence-electron chi connectivity index (χ2n) is 3.33. The van der Waals surface area contributed by atoms with E-state index in [1.807, 2.05) is 0 Å². The van der Waals surface area contributed by atoms with Crippen LogP contribution in [0.4, 0.5) is 0 Å². The second kappa shape index (κ2) is 5.53. The van der Waals surface area contributed by atoms with Crippen molar-refractivity contribution in [1.82, 2.24) is 15.4 Å². The highest BCUT2D eigenvalue weighted by molar-refractivity contribution is 5.91. The van der Waals surface area contributed by atoms with E-state index < -0.39 is 5.91 Å². The Morgan fingerprint density at radius 3 is 2.67 bits per heavy atom. The Morgan fingerprint density at radius 1 is 1.22 bits per heavy atom. The van der Waals surface area contributed by atoms with Gasteiger partial charge >= 0.3 is 5.91 Å². The van der Waals surface area contributed by atoms with E-state index >= 15 is 0 Å². The number of benzene rings is 1. The van der Waals surface area contributed by atoms with Gasteiger partial charge in [0, 0.05) is 18.0 Å². The van der Waals surface area contributed by atoms with Crippen molar-refractivity contribution in [2.75, 3.05) is 0 Å². The molecular formula is C12H10N4O2. The molecule has 1 amide bonds. The molecule has 0 spiro atoms. The molecule has 0 aliphatic heterocycles. The summed E-state index contributed by atoms with van der Waals surface area (Å²) in [4.78, 5) is 19.1. The molecule has 90 valence electrons. The van der Waals surface area contributed by atoms with Crippen molar-refractivity contribution in [3.8, 4) is 5.75 Å². The number of amides is 1. The first kappa shape index (κ1) is 11.7. The summed E-state index contributed by atoms with van der Waals surface area (Å²) in [6.45, 7) is 0. The predicted molar refractivity (Wildman–Crippen MR) is 65.2 cm³/mol. The molecule has 0 fully saturated rings. The number of carbonyl (C=O) groups excluding carboxylic acids is 1. The van der Waals surface area contributed by atoms with Crippen LogP contribution in [0.2, 0.25) is 0 Å². The van der Waals surface area contributed by atoms with Gasteiger partial charge < -0.3 is 5.11 Å². The zero-order valence-corrected chi connectivity index (χ0v) is 9.32. The summed E-state index contributed by atoms with van der Waals surface area (Å²) in [6, 6.07) is 8.27. The highest BCUT2D eigenvalue weighted by atomic mass is 16.3. The first-order valence-corrected chi connectivity index (χ1v) is 5.16. The van der Waals surface area contributed by atoms with E-state index in [0.717, 1.165) is 0 Å². The van der Waals surface area contributed by atoms with Crippen LogP contribution in [0.15, 0.2) is 47.8 Å². The Labute approximate surface area is 103 Å². The van der Waals surface area contributed by atoms with Gasteiger partial charge in [0.15, 0.2) is 0 Å². The van der Waals surface area contributed by atoms with Crippen LogP contribution in [0.5, 0.6) is 5.75 Å². The fourth-order valence-electron chi connectivity index (χ4n) is 1.22. The van der Waals surface area contributed by atoms with Crippen molar-refractivity contribution in [3.63, 3.8) is 0 Å². The lowest BCUT2D eigenvalue weighted by Crippen LogP contribution is -2.20. The van der Waals surface area contributed by atoms with Crippen LogP contribution in [0.25, 0.3) is 0 Å². The van der Waals surface area contributed by atoms with Crippen LogP contribution in [0.3, 0.4) is 0 Å². The summed E-state index contributed by atoms with van der Waals surface area (Å²) < 4.78 is 0. The summed E-state index contributed by atoms with van der Waals surface area (Å²) in [5.74, 6) is -0.388. The number of aromatic nitrogens is 2. The Hall–Kier alpha value is -2.76. The number of para-hydroxylation sites is 1. The Morgan fingerprint density at radius 2 is 1.94 bits per heavy atom. The number of hydrazone groups is 1. The molecule has 2 N–H and O–H groups in total. The number of hydrogen-bond donors (Lipinski definition) is 2. The van der Waals surface area contributed by atoms with Crippen LogP contribution in [0, 0.1) is 0 Å². The molecule has 6 heteroatoms. The van der Waals surface area contributed by atoms with Crippen LogP contribution >= 0.6 is 0 Å². The van der Waals surface area contributed by atoms with Crippen molar-refractivity contribution >= 4 is 12.1 Å². The van der Waals surface area contributed by atoms with Gasteiger partial charge in [-0.1, -0.05) is 12.1 Å². The van der Waals surface area contributed by atoms with E-state index in [2.05, 4.69) is 20.5 Å². The molecule has 0 radical (unpaired) electrons. The zero-order chi connectivity index (χ0) is 12.8. The highest BCUT2D eigenvalue weighted by Gasteiger charge is 2.05. The number of nitrogens with one attached hydrogen (secondary N) is 1. The van der Waals surface area contributed by atoms with Gasteiger partial charge in [-0.2, -0.15) is 5.10 Å². The highest BCUT2D eigenvalue weighted by Crippen LogP contribution is 2.12. The van der Waals surface area contributed by atoms with Crippen LogP contribution in [-0.2, 0) is 0 Å². The van der Waals surface area contributed by atoms with Gasteiger partial charge in [0.1, 0.15) is 5.75 Å². The maximum atomic E-state index is 11.5. The maximum Gasteiger partial charge on any atom is 0.309 e. The van der Waals surface area contributed by atoms with Gasteiger partial charge in [0.25, 0.3) is 0 Å². The smallest absolute Gasteiger partial charge is 0.309 e. The molecule has 18 heavy (non-hydrogen) atoms. The number of nitrogens with zero attached hydrogens (tertiary/aromatic N) is 3. The largest absolute Gasteiger partial charge is 0.507 e. The van der Waals surface area contributed by atoms with Gasteiger partial charge in [-0.25, -0.2) is 15.4 Å². The third kappa shape index (κ3) is 2.88. The van der Waals surface area contributed by atoms with Crippen molar-refractivity contribution in [1.29, 1.82) is 0 Å². The maximum absolute atomic E-state index is 11.5. The van der Waals surface area contributed by atoms with E-state index in [9.17, 15) is 9.90 Å². The van der Waals surface area contributed by atoms with Gasteiger partial charge in [0.2, 0.25) is 5.82 Å². The van der Waals surface area contributed by atoms with Gasteiger partial charge in [0.05, 0.1) is 6.21 Å². The third-order valence-electron chi connectivity index (χ3n) is 2.08. The van der Waals surface area contributed by atoms with Gasteiger partial charge in [-0.3, -0.25) is 4.79 Å². The number of phenolic OH excluding ortho intramolecular Hbond substituents is 1. The Kier molecular flexibility index (Phi) is 3.60. The fourth-order valence-corrected chi connectivity index (χ4v) is 1.22. The summed E-state index contributed by atoms with van der Waals surface area (Å²) >= 11 is 0. The molecule has 1 heterocycles. The number of aromatic hydroxyl groups is 1. The van der Waals surface area contributed by atoms with E-state index in [-0.39, 0.29) is 11.6 Å². The SMILES string of the molecule is O=C(N/N=C/c1ccccc1O)c1ncccn1. The molecule has 0 bridgehead atoms. The van der Waals surface area contributed by atoms with Crippen molar-refractivity contribution < 1.29 is 9.90 Å². The van der Waals surface area contributed by atoms with Crippen LogP contribution in [-0.4, -0.2) is 27.2 Å². The number of hydrogen-bond acceptors (Lipinski definition) is 5. The Balaban J connectivity index is 2.00. The molecule has 6 nitrogen and oxygen atoms in total. The zero-order valence-electron chi connectivity index (χ0n) is 9.32. The standard InChI is InChI=1S/C12H10N4O2/c17-10-5-2-1-4-9(10)8-15-16-12(18)11-13-6-3-7-14-11/h1-8,17H,(H,16,18)/b15-8+. The number of carbonyl (C=O) groups is 1. The summed E-state index contributed by atoms with van der Waals surface area (Å²) in [7, 11) is 0. The summed E-state index contributed by atoms with van der Waals surface area (Å²) in [5, 5.41) is 13.2. The average Bonchev–Trinajstić information content (AvgIpc) is 2.42. The van der Waals surface area contributed by atoms with Gasteiger partial charge in [-0.05, 0) is 18.2 Å². The third-order valence-corrected chi connectivity index (χ3v) is 2.08. The molecule has 0 aliphatic rings. The summed E-state index contributed by atoms with van der Waals surface area (Å²) in [5.41, 5.74) is 2.78. The monoisotopic (exact) mass is 242 g/mol. The quantitative estimate of drug-likeness (QED) is 0.619. The van der Waals surface area contributed by atoms with Crippen molar-refractivity contribution in [3.05, 3.63) is 54.1 Å². The van der Waals surface area contributed by atoms with E-state index in [1.54, 1.807) is 24.3 Å². The molecule has 1 aromatic carbocycles. The van der Waals surface area contributed by atoms with E-state index in [1.165, 1.54) is 24.7 Å². The van der Waals surface area contributed by atoms with Crippen molar-refractivity contribution in [2.24, 2.45) is 5.10 Å². The molecule has 0 atom stereocenters. The Bertz CT molecular complexity index is 569. The molecule has 2 aromatic rings. The van der Waals surface area contributed by atoms with E-state index in [0.29, 0.717) is 5.56 Å². The first-order valence-electron chi connectivity index (χ1n) is 5.16. The normalized spacial score (nSPS) is 10.4. The minimum atomic E-state index is -0.512. The molecule has 2 rings (SSSR count). The lowest BCUT2D eigenvalue weighted by Gasteiger charge is -1.98.